The van der Waals surface area contributed by atoms with Crippen LogP contribution in [0.3, 0.4) is 0 Å². The van der Waals surface area contributed by atoms with Gasteiger partial charge in [-0.1, -0.05) is 98.9 Å². The molecule has 0 aliphatic heterocycles. The van der Waals surface area contributed by atoms with E-state index in [1.807, 2.05) is 0 Å². The highest BCUT2D eigenvalue weighted by Gasteiger charge is 2.21. The second kappa shape index (κ2) is 11.9. The van der Waals surface area contributed by atoms with E-state index >= 15 is 0 Å². The normalized spacial score (nSPS) is 13.6. The van der Waals surface area contributed by atoms with E-state index in [4.69, 9.17) is 0 Å². The molecule has 0 aromatic heterocycles. The van der Waals surface area contributed by atoms with Crippen LogP contribution in [0.2, 0.25) is 0 Å². The molecule has 0 spiro atoms. The minimum atomic E-state index is 0.738. The average molecular weight is 452 g/mol. The van der Waals surface area contributed by atoms with E-state index in [1.54, 1.807) is 0 Å². The van der Waals surface area contributed by atoms with Gasteiger partial charge in [0.15, 0.2) is 0 Å². The molecule has 0 unspecified atom stereocenters. The lowest BCUT2D eigenvalue weighted by Crippen LogP contribution is -2.21. The van der Waals surface area contributed by atoms with Crippen molar-refractivity contribution in [1.82, 2.24) is 0 Å². The van der Waals surface area contributed by atoms with Gasteiger partial charge in [0.05, 0.1) is 0 Å². The maximum Gasteiger partial charge on any atom is 0.00341 e. The Morgan fingerprint density at radius 2 is 1.08 bits per heavy atom. The molecule has 0 heterocycles. The molecule has 0 amide bonds. The minimum absolute atomic E-state index is 0.738. The van der Waals surface area contributed by atoms with E-state index in [0.29, 0.717) is 0 Å². The van der Waals surface area contributed by atoms with Gasteiger partial charge in [-0.3, -0.25) is 0 Å². The zero-order chi connectivity index (χ0) is 17.0. The minimum Gasteiger partial charge on any atom is -0.0928 e. The van der Waals surface area contributed by atoms with Gasteiger partial charge in [-0.15, -0.1) is 0 Å². The fourth-order valence-corrected chi connectivity index (χ4v) is 4.47. The van der Waals surface area contributed by atoms with E-state index in [-0.39, 0.29) is 0 Å². The number of hydrogen-bond acceptors (Lipinski definition) is 0. The van der Waals surface area contributed by atoms with Crippen molar-refractivity contribution in [3.05, 3.63) is 71.8 Å². The third-order valence-electron chi connectivity index (χ3n) is 4.79. The number of hydrogen-bond donors (Lipinski definition) is 0. The monoisotopic (exact) mass is 450 g/mol. The van der Waals surface area contributed by atoms with Crippen molar-refractivity contribution < 1.29 is 0 Å². The summed E-state index contributed by atoms with van der Waals surface area (Å²) in [6.07, 6.45) is 7.56. The standard InChI is InChI=1S/C22H28Br2/c23-15-8-7-13-21(17-19-9-3-1-4-10-19)22(14-16-24)18-20-11-5-2-6-12-20/h1-6,9-12,21-22H,7-8,13-18H2/t21-,22-/m1/s1. The van der Waals surface area contributed by atoms with Gasteiger partial charge in [0.1, 0.15) is 0 Å². The molecule has 0 nitrogen and oxygen atoms in total. The van der Waals surface area contributed by atoms with Crippen LogP contribution in [0.15, 0.2) is 60.7 Å². The molecular weight excluding hydrogens is 424 g/mol. The van der Waals surface area contributed by atoms with Gasteiger partial charge in [-0.05, 0) is 55.1 Å². The van der Waals surface area contributed by atoms with E-state index in [1.165, 1.54) is 49.7 Å². The van der Waals surface area contributed by atoms with E-state index < -0.39 is 0 Å². The molecule has 0 saturated heterocycles. The number of alkyl halides is 2. The number of unbranched alkanes of at least 4 members (excludes halogenated alkanes) is 1. The summed E-state index contributed by atoms with van der Waals surface area (Å²) in [5.41, 5.74) is 2.95. The molecule has 0 aliphatic rings. The van der Waals surface area contributed by atoms with Crippen LogP contribution < -0.4 is 0 Å². The molecule has 2 aromatic carbocycles. The molecule has 0 bridgehead atoms. The van der Waals surface area contributed by atoms with E-state index in [9.17, 15) is 0 Å². The first-order valence-corrected chi connectivity index (χ1v) is 11.3. The summed E-state index contributed by atoms with van der Waals surface area (Å²) in [5.74, 6) is 1.49. The fraction of sp³-hybridized carbons (Fsp3) is 0.455. The Kier molecular flexibility index (Phi) is 9.75. The summed E-state index contributed by atoms with van der Waals surface area (Å²) < 4.78 is 0. The summed E-state index contributed by atoms with van der Waals surface area (Å²) in [4.78, 5) is 0. The summed E-state index contributed by atoms with van der Waals surface area (Å²) in [6.45, 7) is 0. The molecule has 24 heavy (non-hydrogen) atoms. The van der Waals surface area contributed by atoms with E-state index in [2.05, 4.69) is 92.5 Å². The molecule has 2 rings (SSSR count). The van der Waals surface area contributed by atoms with Gasteiger partial charge >= 0.3 is 0 Å². The van der Waals surface area contributed by atoms with Crippen molar-refractivity contribution in [2.75, 3.05) is 10.7 Å². The molecule has 0 saturated carbocycles. The van der Waals surface area contributed by atoms with Crippen LogP contribution in [-0.4, -0.2) is 10.7 Å². The van der Waals surface area contributed by atoms with Crippen molar-refractivity contribution in [3.63, 3.8) is 0 Å². The zero-order valence-electron chi connectivity index (χ0n) is 14.3. The highest BCUT2D eigenvalue weighted by Crippen LogP contribution is 2.30. The fourth-order valence-electron chi connectivity index (χ4n) is 3.48. The Labute approximate surface area is 164 Å². The first-order chi connectivity index (χ1) is 11.8. The van der Waals surface area contributed by atoms with Crippen LogP contribution >= 0.6 is 31.9 Å². The molecule has 0 aliphatic carbocycles. The van der Waals surface area contributed by atoms with Crippen molar-refractivity contribution in [2.24, 2.45) is 11.8 Å². The molecule has 130 valence electrons. The molecule has 2 atom stereocenters. The first kappa shape index (κ1) is 19.7. The van der Waals surface area contributed by atoms with E-state index in [0.717, 1.165) is 22.5 Å². The van der Waals surface area contributed by atoms with Crippen molar-refractivity contribution in [1.29, 1.82) is 0 Å². The number of benzene rings is 2. The lowest BCUT2D eigenvalue weighted by Gasteiger charge is -2.27. The SMILES string of the molecule is BrCCCC[C@H](Cc1ccccc1)[C@H](CCBr)Cc1ccccc1. The predicted molar refractivity (Wildman–Crippen MR) is 113 cm³/mol. The topological polar surface area (TPSA) is 0 Å². The summed E-state index contributed by atoms with van der Waals surface area (Å²) in [6, 6.07) is 22.0. The van der Waals surface area contributed by atoms with Crippen molar-refractivity contribution in [2.45, 2.75) is 38.5 Å². The second-order valence-corrected chi connectivity index (χ2v) is 8.15. The van der Waals surface area contributed by atoms with Gasteiger partial charge in [-0.2, -0.15) is 0 Å². The molecule has 0 radical (unpaired) electrons. The Bertz CT molecular complexity index is 538. The van der Waals surface area contributed by atoms with Gasteiger partial charge in [0, 0.05) is 10.7 Å². The molecule has 0 N–H and O–H groups in total. The Morgan fingerprint density at radius 1 is 0.583 bits per heavy atom. The van der Waals surface area contributed by atoms with Gasteiger partial charge < -0.3 is 0 Å². The largest absolute Gasteiger partial charge is 0.0928 e. The smallest absolute Gasteiger partial charge is 0.00341 e. The third kappa shape index (κ3) is 7.11. The van der Waals surface area contributed by atoms with Crippen LogP contribution in [-0.2, 0) is 12.8 Å². The molecular formula is C22H28Br2. The highest BCUT2D eigenvalue weighted by molar-refractivity contribution is 9.09. The lowest BCUT2D eigenvalue weighted by atomic mass is 9.78. The van der Waals surface area contributed by atoms with Crippen LogP contribution in [0.1, 0.15) is 36.8 Å². The average Bonchev–Trinajstić information content (AvgIpc) is 2.62. The quantitative estimate of drug-likeness (QED) is 0.253. The lowest BCUT2D eigenvalue weighted by molar-refractivity contribution is 0.295. The van der Waals surface area contributed by atoms with Gasteiger partial charge in [-0.25, -0.2) is 0 Å². The molecule has 2 heteroatoms. The highest BCUT2D eigenvalue weighted by atomic mass is 79.9. The Hall–Kier alpha value is -0.600. The number of halogens is 2. The number of rotatable bonds is 11. The van der Waals surface area contributed by atoms with Crippen LogP contribution in [0.25, 0.3) is 0 Å². The van der Waals surface area contributed by atoms with Gasteiger partial charge in [0.25, 0.3) is 0 Å². The molecule has 2 aromatic rings. The Balaban J connectivity index is 2.09. The maximum atomic E-state index is 3.69. The first-order valence-electron chi connectivity index (χ1n) is 9.03. The zero-order valence-corrected chi connectivity index (χ0v) is 17.5. The van der Waals surface area contributed by atoms with Crippen LogP contribution in [0, 0.1) is 11.8 Å². The van der Waals surface area contributed by atoms with Crippen LogP contribution in [0.4, 0.5) is 0 Å². The molecule has 0 fully saturated rings. The van der Waals surface area contributed by atoms with Crippen molar-refractivity contribution in [3.8, 4) is 0 Å². The predicted octanol–water partition coefficient (Wildman–Crippen LogP) is 7.05. The second-order valence-electron chi connectivity index (χ2n) is 6.56. The summed E-state index contributed by atoms with van der Waals surface area (Å²) in [7, 11) is 0. The Morgan fingerprint density at radius 3 is 1.54 bits per heavy atom. The third-order valence-corrected chi connectivity index (χ3v) is 5.81. The van der Waals surface area contributed by atoms with Crippen molar-refractivity contribution >= 4 is 31.9 Å². The summed E-state index contributed by atoms with van der Waals surface area (Å²) in [5, 5.41) is 2.21. The maximum absolute atomic E-state index is 3.69. The van der Waals surface area contributed by atoms with Gasteiger partial charge in [0.2, 0.25) is 0 Å². The summed E-state index contributed by atoms with van der Waals surface area (Å²) >= 11 is 7.27. The van der Waals surface area contributed by atoms with Crippen LogP contribution in [0.5, 0.6) is 0 Å².